The van der Waals surface area contributed by atoms with Gasteiger partial charge in [0.05, 0.1) is 6.10 Å². The van der Waals surface area contributed by atoms with Crippen molar-refractivity contribution in [3.05, 3.63) is 35.4 Å². The summed E-state index contributed by atoms with van der Waals surface area (Å²) in [6.07, 6.45) is 3.31. The molecule has 4 atom stereocenters. The zero-order valence-corrected chi connectivity index (χ0v) is 11.3. The first-order valence-corrected chi connectivity index (χ1v) is 7.20. The van der Waals surface area contributed by atoms with E-state index in [0.717, 1.165) is 24.4 Å². The highest BCUT2D eigenvalue weighted by atomic mass is 16.3. The van der Waals surface area contributed by atoms with Crippen LogP contribution in [0.2, 0.25) is 0 Å². The van der Waals surface area contributed by atoms with Crippen molar-refractivity contribution in [2.75, 3.05) is 6.54 Å². The molecule has 1 aromatic rings. The van der Waals surface area contributed by atoms with Gasteiger partial charge < -0.3 is 5.11 Å². The van der Waals surface area contributed by atoms with Gasteiger partial charge in [0, 0.05) is 12.1 Å². The van der Waals surface area contributed by atoms with Crippen LogP contribution in [-0.2, 0) is 6.42 Å². The minimum absolute atomic E-state index is 0.292. The summed E-state index contributed by atoms with van der Waals surface area (Å²) in [6, 6.07) is 9.24. The molecule has 0 saturated carbocycles. The van der Waals surface area contributed by atoms with Crippen molar-refractivity contribution in [3.8, 4) is 0 Å². The van der Waals surface area contributed by atoms with E-state index in [1.807, 2.05) is 6.07 Å². The molecule has 1 heterocycles. The summed E-state index contributed by atoms with van der Waals surface area (Å²) in [7, 11) is 0. The number of nitrogens with zero attached hydrogens (tertiary/aromatic N) is 1. The van der Waals surface area contributed by atoms with Crippen molar-refractivity contribution in [1.82, 2.24) is 4.90 Å². The molecule has 3 rings (SSSR count). The minimum atomic E-state index is -0.297. The third kappa shape index (κ3) is 1.88. The van der Waals surface area contributed by atoms with Crippen LogP contribution in [-0.4, -0.2) is 28.6 Å². The third-order valence-corrected chi connectivity index (χ3v) is 5.02. The van der Waals surface area contributed by atoms with Gasteiger partial charge in [-0.25, -0.2) is 0 Å². The van der Waals surface area contributed by atoms with Crippen molar-refractivity contribution in [2.45, 2.75) is 51.3 Å². The van der Waals surface area contributed by atoms with E-state index in [2.05, 4.69) is 36.9 Å². The molecule has 1 N–H and O–H groups in total. The molecule has 1 aromatic carbocycles. The maximum absolute atomic E-state index is 10.6. The lowest BCUT2D eigenvalue weighted by Crippen LogP contribution is -2.49. The van der Waals surface area contributed by atoms with Crippen molar-refractivity contribution >= 4 is 0 Å². The molecule has 2 heteroatoms. The van der Waals surface area contributed by atoms with Gasteiger partial charge in [-0.15, -0.1) is 0 Å². The number of hydrogen-bond acceptors (Lipinski definition) is 2. The topological polar surface area (TPSA) is 23.5 Å². The number of aliphatic hydroxyl groups excluding tert-OH is 1. The molecule has 98 valence electrons. The molecule has 18 heavy (non-hydrogen) atoms. The maximum atomic E-state index is 10.6. The van der Waals surface area contributed by atoms with Crippen LogP contribution in [0.25, 0.3) is 0 Å². The number of benzene rings is 1. The van der Waals surface area contributed by atoms with E-state index < -0.39 is 0 Å². The number of hydrogen-bond donors (Lipinski definition) is 1. The Morgan fingerprint density at radius 3 is 2.78 bits per heavy atom. The van der Waals surface area contributed by atoms with Crippen LogP contribution >= 0.6 is 0 Å². The fraction of sp³-hybridized carbons (Fsp3) is 0.625. The largest absolute Gasteiger partial charge is 0.387 e. The number of aliphatic hydroxyl groups is 1. The molecule has 1 fully saturated rings. The van der Waals surface area contributed by atoms with Gasteiger partial charge in [-0.2, -0.15) is 0 Å². The van der Waals surface area contributed by atoms with Gasteiger partial charge in [-0.05, 0) is 49.8 Å². The first-order chi connectivity index (χ1) is 8.68. The number of fused-ring (bicyclic) bond motifs is 1. The fourth-order valence-electron chi connectivity index (χ4n) is 3.69. The number of piperidine rings is 1. The summed E-state index contributed by atoms with van der Waals surface area (Å²) in [5.41, 5.74) is 2.48. The minimum Gasteiger partial charge on any atom is -0.387 e. The van der Waals surface area contributed by atoms with Crippen molar-refractivity contribution in [3.63, 3.8) is 0 Å². The summed E-state index contributed by atoms with van der Waals surface area (Å²) in [6.45, 7) is 5.80. The second kappa shape index (κ2) is 4.67. The van der Waals surface area contributed by atoms with E-state index in [1.165, 1.54) is 18.4 Å². The Bertz CT molecular complexity index is 431. The normalized spacial score (nSPS) is 36.6. The van der Waals surface area contributed by atoms with Crippen molar-refractivity contribution in [2.24, 2.45) is 5.92 Å². The van der Waals surface area contributed by atoms with Crippen LogP contribution in [0.3, 0.4) is 0 Å². The summed E-state index contributed by atoms with van der Waals surface area (Å²) in [5, 5.41) is 10.6. The lowest BCUT2D eigenvalue weighted by Gasteiger charge is -2.42. The summed E-state index contributed by atoms with van der Waals surface area (Å²) in [4.78, 5) is 2.54. The van der Waals surface area contributed by atoms with E-state index >= 15 is 0 Å². The highest BCUT2D eigenvalue weighted by molar-refractivity contribution is 5.36. The quantitative estimate of drug-likeness (QED) is 0.822. The summed E-state index contributed by atoms with van der Waals surface area (Å²) < 4.78 is 0. The van der Waals surface area contributed by atoms with Gasteiger partial charge in [0.15, 0.2) is 0 Å². The monoisotopic (exact) mass is 245 g/mol. The fourth-order valence-corrected chi connectivity index (χ4v) is 3.69. The van der Waals surface area contributed by atoms with Crippen LogP contribution in [0.15, 0.2) is 24.3 Å². The Morgan fingerprint density at radius 2 is 2.00 bits per heavy atom. The second-order valence-corrected chi connectivity index (χ2v) is 6.01. The van der Waals surface area contributed by atoms with Gasteiger partial charge in [0.25, 0.3) is 0 Å². The van der Waals surface area contributed by atoms with Gasteiger partial charge >= 0.3 is 0 Å². The highest BCUT2D eigenvalue weighted by Crippen LogP contribution is 2.37. The van der Waals surface area contributed by atoms with E-state index in [4.69, 9.17) is 0 Å². The average molecular weight is 245 g/mol. The van der Waals surface area contributed by atoms with Crippen molar-refractivity contribution in [1.29, 1.82) is 0 Å². The first-order valence-electron chi connectivity index (χ1n) is 7.20. The average Bonchev–Trinajstić information content (AvgIpc) is 2.71. The van der Waals surface area contributed by atoms with Crippen LogP contribution in [0.4, 0.5) is 0 Å². The number of likely N-dealkylation sites (tertiary alicyclic amines) is 1. The molecule has 4 unspecified atom stereocenters. The Morgan fingerprint density at radius 1 is 1.22 bits per heavy atom. The molecule has 0 bridgehead atoms. The van der Waals surface area contributed by atoms with Gasteiger partial charge in [-0.1, -0.05) is 31.2 Å². The maximum Gasteiger partial charge on any atom is 0.0951 e. The predicted octanol–water partition coefficient (Wildman–Crippen LogP) is 2.77. The molecule has 1 aliphatic carbocycles. The standard InChI is InChI=1S/C16H23NO/c1-11-6-5-9-17(12(11)2)15-10-13-7-3-4-8-14(13)16(15)18/h3-4,7-8,11-12,15-16,18H,5-6,9-10H2,1-2H3. The number of rotatable bonds is 1. The van der Waals surface area contributed by atoms with Gasteiger partial charge in [0.2, 0.25) is 0 Å². The summed E-state index contributed by atoms with van der Waals surface area (Å²) >= 11 is 0. The molecule has 0 radical (unpaired) electrons. The van der Waals surface area contributed by atoms with E-state index in [9.17, 15) is 5.11 Å². The highest BCUT2D eigenvalue weighted by Gasteiger charge is 2.39. The second-order valence-electron chi connectivity index (χ2n) is 6.01. The van der Waals surface area contributed by atoms with Crippen molar-refractivity contribution < 1.29 is 5.11 Å². The molecule has 2 aliphatic rings. The molecule has 2 nitrogen and oxygen atoms in total. The molecule has 1 saturated heterocycles. The van der Waals surface area contributed by atoms with Crippen LogP contribution in [0.1, 0.15) is 43.9 Å². The molecule has 1 aliphatic heterocycles. The Labute approximate surface area is 110 Å². The van der Waals surface area contributed by atoms with Gasteiger partial charge in [0.1, 0.15) is 0 Å². The Kier molecular flexibility index (Phi) is 3.16. The molecular formula is C16H23NO. The van der Waals surface area contributed by atoms with Crippen LogP contribution in [0.5, 0.6) is 0 Å². The Hall–Kier alpha value is -0.860. The van der Waals surface area contributed by atoms with Crippen LogP contribution < -0.4 is 0 Å². The zero-order valence-electron chi connectivity index (χ0n) is 11.3. The third-order valence-electron chi connectivity index (χ3n) is 5.02. The molecule has 0 aromatic heterocycles. The smallest absolute Gasteiger partial charge is 0.0951 e. The lowest BCUT2D eigenvalue weighted by molar-refractivity contribution is 0.00375. The first kappa shape index (κ1) is 12.2. The molecule has 0 amide bonds. The van der Waals surface area contributed by atoms with E-state index in [1.54, 1.807) is 0 Å². The van der Waals surface area contributed by atoms with Crippen LogP contribution in [0, 0.1) is 5.92 Å². The molecular weight excluding hydrogens is 222 g/mol. The molecule has 0 spiro atoms. The zero-order chi connectivity index (χ0) is 12.7. The summed E-state index contributed by atoms with van der Waals surface area (Å²) in [5.74, 6) is 0.745. The van der Waals surface area contributed by atoms with E-state index in [0.29, 0.717) is 12.1 Å². The predicted molar refractivity (Wildman–Crippen MR) is 73.5 cm³/mol. The Balaban J connectivity index is 1.83. The SMILES string of the molecule is CC1CCCN(C2Cc3ccccc3C2O)C1C. The lowest BCUT2D eigenvalue weighted by atomic mass is 9.90. The van der Waals surface area contributed by atoms with E-state index in [-0.39, 0.29) is 6.10 Å². The van der Waals surface area contributed by atoms with Gasteiger partial charge in [-0.3, -0.25) is 4.90 Å².